The maximum absolute atomic E-state index is 14.0. The lowest BCUT2D eigenvalue weighted by molar-refractivity contribution is -0.122. The number of carbonyl (C=O) groups is 2. The van der Waals surface area contributed by atoms with Crippen molar-refractivity contribution in [2.24, 2.45) is 0 Å². The first-order valence-corrected chi connectivity index (χ1v) is 9.63. The fraction of sp³-hybridized carbons (Fsp3) is 0.0833. The summed E-state index contributed by atoms with van der Waals surface area (Å²) in [7, 11) is 0. The highest BCUT2D eigenvalue weighted by Crippen LogP contribution is 2.32. The first kappa shape index (κ1) is 20.2. The second kappa shape index (κ2) is 8.71. The molecule has 3 aromatic carbocycles. The molecular weight excluding hydrogens is 399 g/mol. The van der Waals surface area contributed by atoms with Crippen LogP contribution in [-0.2, 0) is 4.79 Å². The molecular formula is C24H19FN2O4. The largest absolute Gasteiger partial charge is 0.481 e. The molecule has 0 spiro atoms. The molecule has 1 heterocycles. The Kier molecular flexibility index (Phi) is 5.66. The number of anilines is 2. The Morgan fingerprint density at radius 3 is 2.35 bits per heavy atom. The minimum Gasteiger partial charge on any atom is -0.481 e. The summed E-state index contributed by atoms with van der Waals surface area (Å²) in [5.74, 6) is -1.32. The first-order chi connectivity index (χ1) is 15.0. The summed E-state index contributed by atoms with van der Waals surface area (Å²) < 4.78 is 25.3. The molecule has 1 atom stereocenters. The van der Waals surface area contributed by atoms with Crippen LogP contribution in [0.1, 0.15) is 17.5 Å². The van der Waals surface area contributed by atoms with Gasteiger partial charge in [0.25, 0.3) is 11.8 Å². The molecule has 0 fully saturated rings. The minimum absolute atomic E-state index is 0.00557. The van der Waals surface area contributed by atoms with Crippen LogP contribution >= 0.6 is 0 Å². The Labute approximate surface area is 177 Å². The molecule has 0 aliphatic rings. The van der Waals surface area contributed by atoms with Crippen molar-refractivity contribution in [3.63, 3.8) is 0 Å². The topological polar surface area (TPSA) is 80.6 Å². The highest BCUT2D eigenvalue weighted by Gasteiger charge is 2.25. The van der Waals surface area contributed by atoms with E-state index in [1.165, 1.54) is 18.2 Å². The number of para-hydroxylation sites is 3. The normalized spacial score (nSPS) is 11.7. The molecule has 31 heavy (non-hydrogen) atoms. The molecule has 0 saturated heterocycles. The van der Waals surface area contributed by atoms with E-state index in [-0.39, 0.29) is 17.1 Å². The SMILES string of the molecule is CC(Oc1ccccc1)C(=O)Nc1c(C(=O)Nc2ccccc2F)oc2ccccc12. The lowest BCUT2D eigenvalue weighted by Crippen LogP contribution is -2.30. The quantitative estimate of drug-likeness (QED) is 0.449. The zero-order valence-corrected chi connectivity index (χ0v) is 16.6. The third-order valence-corrected chi connectivity index (χ3v) is 4.60. The van der Waals surface area contributed by atoms with Crippen LogP contribution in [0.5, 0.6) is 5.75 Å². The second-order valence-corrected chi connectivity index (χ2v) is 6.80. The third kappa shape index (κ3) is 4.40. The van der Waals surface area contributed by atoms with Crippen molar-refractivity contribution in [1.82, 2.24) is 0 Å². The highest BCUT2D eigenvalue weighted by atomic mass is 19.1. The summed E-state index contributed by atoms with van der Waals surface area (Å²) in [6, 6.07) is 21.6. The van der Waals surface area contributed by atoms with Gasteiger partial charge in [-0.15, -0.1) is 0 Å². The molecule has 2 amide bonds. The van der Waals surface area contributed by atoms with E-state index >= 15 is 0 Å². The van der Waals surface area contributed by atoms with Crippen LogP contribution < -0.4 is 15.4 Å². The number of furan rings is 1. The number of hydrogen-bond donors (Lipinski definition) is 2. The van der Waals surface area contributed by atoms with Gasteiger partial charge in [-0.25, -0.2) is 4.39 Å². The number of amides is 2. The molecule has 0 radical (unpaired) electrons. The number of hydrogen-bond acceptors (Lipinski definition) is 4. The number of ether oxygens (including phenoxy) is 1. The Hall–Kier alpha value is -4.13. The molecule has 0 aliphatic carbocycles. The van der Waals surface area contributed by atoms with E-state index in [2.05, 4.69) is 10.6 Å². The molecule has 2 N–H and O–H groups in total. The molecule has 4 rings (SSSR count). The van der Waals surface area contributed by atoms with Gasteiger partial charge in [0, 0.05) is 5.39 Å². The second-order valence-electron chi connectivity index (χ2n) is 6.80. The van der Waals surface area contributed by atoms with Gasteiger partial charge in [0.2, 0.25) is 5.76 Å². The van der Waals surface area contributed by atoms with Crippen molar-refractivity contribution < 1.29 is 23.1 Å². The molecule has 6 nitrogen and oxygen atoms in total. The van der Waals surface area contributed by atoms with Gasteiger partial charge in [-0.2, -0.15) is 0 Å². The summed E-state index contributed by atoms with van der Waals surface area (Å²) in [6.45, 7) is 1.60. The number of carbonyl (C=O) groups excluding carboxylic acids is 2. The fourth-order valence-electron chi connectivity index (χ4n) is 3.05. The van der Waals surface area contributed by atoms with Crippen molar-refractivity contribution in [2.45, 2.75) is 13.0 Å². The lowest BCUT2D eigenvalue weighted by Gasteiger charge is -2.15. The number of nitrogens with one attached hydrogen (secondary N) is 2. The Balaban J connectivity index is 1.61. The highest BCUT2D eigenvalue weighted by molar-refractivity contribution is 6.15. The van der Waals surface area contributed by atoms with Crippen molar-refractivity contribution in [3.05, 3.63) is 90.4 Å². The van der Waals surface area contributed by atoms with E-state index in [9.17, 15) is 14.0 Å². The summed E-state index contributed by atoms with van der Waals surface area (Å²) in [4.78, 5) is 25.6. The predicted molar refractivity (Wildman–Crippen MR) is 116 cm³/mol. The van der Waals surface area contributed by atoms with Crippen LogP contribution in [0, 0.1) is 5.82 Å². The van der Waals surface area contributed by atoms with Gasteiger partial charge in [0.05, 0.1) is 5.69 Å². The summed E-state index contributed by atoms with van der Waals surface area (Å²) in [5.41, 5.74) is 0.608. The molecule has 4 aromatic rings. The average molecular weight is 418 g/mol. The van der Waals surface area contributed by atoms with Crippen molar-refractivity contribution in [2.75, 3.05) is 10.6 Å². The van der Waals surface area contributed by atoms with Crippen LogP contribution in [0.25, 0.3) is 11.0 Å². The Bertz CT molecular complexity index is 1240. The van der Waals surface area contributed by atoms with Crippen LogP contribution in [0.4, 0.5) is 15.8 Å². The molecule has 1 unspecified atom stereocenters. The van der Waals surface area contributed by atoms with Gasteiger partial charge < -0.3 is 19.8 Å². The molecule has 0 bridgehead atoms. The maximum atomic E-state index is 14.0. The van der Waals surface area contributed by atoms with E-state index in [0.717, 1.165) is 0 Å². The number of halogens is 1. The smallest absolute Gasteiger partial charge is 0.293 e. The van der Waals surface area contributed by atoms with Crippen molar-refractivity contribution >= 4 is 34.2 Å². The van der Waals surface area contributed by atoms with E-state index < -0.39 is 23.7 Å². The number of benzene rings is 3. The Morgan fingerprint density at radius 1 is 0.903 bits per heavy atom. The predicted octanol–water partition coefficient (Wildman–Crippen LogP) is 5.23. The van der Waals surface area contributed by atoms with Crippen LogP contribution in [0.2, 0.25) is 0 Å². The van der Waals surface area contributed by atoms with E-state index in [0.29, 0.717) is 16.7 Å². The van der Waals surface area contributed by atoms with Gasteiger partial charge in [-0.3, -0.25) is 9.59 Å². The van der Waals surface area contributed by atoms with Gasteiger partial charge in [0.15, 0.2) is 6.10 Å². The van der Waals surface area contributed by atoms with E-state index in [1.54, 1.807) is 61.5 Å². The minimum atomic E-state index is -0.835. The van der Waals surface area contributed by atoms with Crippen LogP contribution in [0.3, 0.4) is 0 Å². The standard InChI is InChI=1S/C24H19FN2O4/c1-15(30-16-9-3-2-4-10-16)23(28)27-21-17-11-5-8-14-20(17)31-22(21)24(29)26-19-13-7-6-12-18(19)25/h2-15H,1H3,(H,26,29)(H,27,28). The van der Waals surface area contributed by atoms with Gasteiger partial charge >= 0.3 is 0 Å². The maximum Gasteiger partial charge on any atom is 0.293 e. The first-order valence-electron chi connectivity index (χ1n) is 9.63. The van der Waals surface area contributed by atoms with Crippen molar-refractivity contribution in [1.29, 1.82) is 0 Å². The number of rotatable bonds is 6. The summed E-state index contributed by atoms with van der Waals surface area (Å²) in [6.07, 6.45) is -0.835. The van der Waals surface area contributed by atoms with Crippen molar-refractivity contribution in [3.8, 4) is 5.75 Å². The van der Waals surface area contributed by atoms with Gasteiger partial charge in [-0.1, -0.05) is 42.5 Å². The molecule has 7 heteroatoms. The zero-order chi connectivity index (χ0) is 21.8. The van der Waals surface area contributed by atoms with E-state index in [4.69, 9.17) is 9.15 Å². The monoisotopic (exact) mass is 418 g/mol. The van der Waals surface area contributed by atoms with Gasteiger partial charge in [0.1, 0.15) is 22.8 Å². The van der Waals surface area contributed by atoms with Crippen LogP contribution in [0.15, 0.2) is 83.3 Å². The summed E-state index contributed by atoms with van der Waals surface area (Å²) in [5, 5.41) is 5.75. The van der Waals surface area contributed by atoms with Crippen LogP contribution in [-0.4, -0.2) is 17.9 Å². The molecule has 0 aliphatic heterocycles. The molecule has 156 valence electrons. The number of fused-ring (bicyclic) bond motifs is 1. The molecule has 1 aromatic heterocycles. The van der Waals surface area contributed by atoms with E-state index in [1.807, 2.05) is 6.07 Å². The third-order valence-electron chi connectivity index (χ3n) is 4.60. The average Bonchev–Trinajstić information content (AvgIpc) is 3.14. The molecule has 0 saturated carbocycles. The van der Waals surface area contributed by atoms with Gasteiger partial charge in [-0.05, 0) is 43.3 Å². The summed E-state index contributed by atoms with van der Waals surface area (Å²) >= 11 is 0. The zero-order valence-electron chi connectivity index (χ0n) is 16.6. The fourth-order valence-corrected chi connectivity index (χ4v) is 3.05. The lowest BCUT2D eigenvalue weighted by atomic mass is 10.2. The Morgan fingerprint density at radius 2 is 1.58 bits per heavy atom.